The molecular weight excluding hydrogens is 259 g/mol. The Morgan fingerprint density at radius 2 is 2.00 bits per heavy atom. The summed E-state index contributed by atoms with van der Waals surface area (Å²) in [5.41, 5.74) is 7.45. The van der Waals surface area contributed by atoms with Gasteiger partial charge in [-0.3, -0.25) is 4.79 Å². The highest BCUT2D eigenvalue weighted by Crippen LogP contribution is 2.21. The maximum Gasteiger partial charge on any atom is 0.257 e. The molecule has 5 heteroatoms. The number of amides is 1. The number of anilines is 2. The van der Waals surface area contributed by atoms with Gasteiger partial charge < -0.3 is 15.8 Å². The standard InChI is InChI=1S/C15H15FN2O2/c1-9-7-10(3-6-13(9)16)18-15(19)12-5-4-11(20-2)8-14(12)17/h3-8H,17H2,1-2H3,(H,18,19). The largest absolute Gasteiger partial charge is 0.497 e. The molecule has 0 spiro atoms. The Kier molecular flexibility index (Phi) is 3.89. The lowest BCUT2D eigenvalue weighted by Gasteiger charge is -2.09. The van der Waals surface area contributed by atoms with E-state index in [2.05, 4.69) is 5.32 Å². The second-order valence-corrected chi connectivity index (χ2v) is 4.37. The van der Waals surface area contributed by atoms with Crippen molar-refractivity contribution in [2.75, 3.05) is 18.2 Å². The van der Waals surface area contributed by atoms with Crippen LogP contribution in [-0.4, -0.2) is 13.0 Å². The summed E-state index contributed by atoms with van der Waals surface area (Å²) < 4.78 is 18.2. The minimum Gasteiger partial charge on any atom is -0.497 e. The zero-order chi connectivity index (χ0) is 14.7. The van der Waals surface area contributed by atoms with Crippen molar-refractivity contribution in [3.05, 3.63) is 53.3 Å². The molecule has 0 aliphatic heterocycles. The number of benzene rings is 2. The van der Waals surface area contributed by atoms with Crippen molar-refractivity contribution in [3.8, 4) is 5.75 Å². The maximum absolute atomic E-state index is 13.2. The summed E-state index contributed by atoms with van der Waals surface area (Å²) in [7, 11) is 1.52. The molecule has 104 valence electrons. The van der Waals surface area contributed by atoms with Crippen molar-refractivity contribution >= 4 is 17.3 Å². The predicted molar refractivity (Wildman–Crippen MR) is 76.5 cm³/mol. The maximum atomic E-state index is 13.2. The van der Waals surface area contributed by atoms with Crippen LogP contribution in [0.3, 0.4) is 0 Å². The Bertz CT molecular complexity index is 656. The molecule has 0 aromatic heterocycles. The third-order valence-corrected chi connectivity index (χ3v) is 2.92. The summed E-state index contributed by atoms with van der Waals surface area (Å²) in [5.74, 6) is -0.0835. The number of hydrogen-bond acceptors (Lipinski definition) is 3. The smallest absolute Gasteiger partial charge is 0.257 e. The fourth-order valence-corrected chi connectivity index (χ4v) is 1.80. The van der Waals surface area contributed by atoms with Crippen molar-refractivity contribution in [1.82, 2.24) is 0 Å². The van der Waals surface area contributed by atoms with Crippen LogP contribution in [0.5, 0.6) is 5.75 Å². The van der Waals surface area contributed by atoms with E-state index >= 15 is 0 Å². The molecule has 0 radical (unpaired) electrons. The van der Waals surface area contributed by atoms with Gasteiger partial charge in [-0.25, -0.2) is 4.39 Å². The monoisotopic (exact) mass is 274 g/mol. The van der Waals surface area contributed by atoms with Gasteiger partial charge in [0.25, 0.3) is 5.91 Å². The van der Waals surface area contributed by atoms with Crippen LogP contribution >= 0.6 is 0 Å². The van der Waals surface area contributed by atoms with E-state index < -0.39 is 0 Å². The fourth-order valence-electron chi connectivity index (χ4n) is 1.80. The second kappa shape index (κ2) is 5.61. The van der Waals surface area contributed by atoms with Gasteiger partial charge in [0.1, 0.15) is 11.6 Å². The van der Waals surface area contributed by atoms with E-state index in [1.807, 2.05) is 0 Å². The number of carbonyl (C=O) groups is 1. The van der Waals surface area contributed by atoms with Crippen molar-refractivity contribution in [2.45, 2.75) is 6.92 Å². The zero-order valence-electron chi connectivity index (χ0n) is 11.2. The molecule has 0 fully saturated rings. The van der Waals surface area contributed by atoms with E-state index in [1.165, 1.54) is 19.2 Å². The number of hydrogen-bond donors (Lipinski definition) is 2. The molecule has 1 amide bonds. The molecule has 0 aliphatic rings. The van der Waals surface area contributed by atoms with Gasteiger partial charge >= 0.3 is 0 Å². The lowest BCUT2D eigenvalue weighted by Crippen LogP contribution is -2.14. The van der Waals surface area contributed by atoms with Gasteiger partial charge in [0.2, 0.25) is 0 Å². The number of halogens is 1. The summed E-state index contributed by atoms with van der Waals surface area (Å²) >= 11 is 0. The third-order valence-electron chi connectivity index (χ3n) is 2.92. The molecule has 0 bridgehead atoms. The molecule has 0 saturated heterocycles. The molecule has 0 heterocycles. The topological polar surface area (TPSA) is 64.3 Å². The van der Waals surface area contributed by atoms with Gasteiger partial charge in [-0.1, -0.05) is 0 Å². The van der Waals surface area contributed by atoms with Crippen LogP contribution in [0.25, 0.3) is 0 Å². The number of ether oxygens (including phenoxy) is 1. The average Bonchev–Trinajstić information content (AvgIpc) is 2.42. The van der Waals surface area contributed by atoms with Crippen LogP contribution in [0.15, 0.2) is 36.4 Å². The number of methoxy groups -OCH3 is 1. The number of carbonyl (C=O) groups excluding carboxylic acids is 1. The fraction of sp³-hybridized carbons (Fsp3) is 0.133. The minimum absolute atomic E-state index is 0.313. The van der Waals surface area contributed by atoms with Gasteiger partial charge in [0, 0.05) is 17.4 Å². The molecule has 0 unspecified atom stereocenters. The number of rotatable bonds is 3. The van der Waals surface area contributed by atoms with Crippen LogP contribution in [-0.2, 0) is 0 Å². The predicted octanol–water partition coefficient (Wildman–Crippen LogP) is 2.98. The van der Waals surface area contributed by atoms with Crippen LogP contribution in [0.4, 0.5) is 15.8 Å². The lowest BCUT2D eigenvalue weighted by atomic mass is 10.1. The summed E-state index contributed by atoms with van der Waals surface area (Å²) in [6.07, 6.45) is 0. The Labute approximate surface area is 116 Å². The van der Waals surface area contributed by atoms with Crippen molar-refractivity contribution < 1.29 is 13.9 Å². The van der Waals surface area contributed by atoms with Crippen LogP contribution in [0, 0.1) is 12.7 Å². The molecule has 0 atom stereocenters. The first-order valence-electron chi connectivity index (χ1n) is 6.02. The number of nitrogens with one attached hydrogen (secondary N) is 1. The van der Waals surface area contributed by atoms with Gasteiger partial charge in [-0.05, 0) is 42.8 Å². The van der Waals surface area contributed by atoms with E-state index in [1.54, 1.807) is 31.2 Å². The molecule has 3 N–H and O–H groups in total. The lowest BCUT2D eigenvalue weighted by molar-refractivity contribution is 0.102. The summed E-state index contributed by atoms with van der Waals surface area (Å²) in [6, 6.07) is 9.18. The van der Waals surface area contributed by atoms with Crippen molar-refractivity contribution in [2.24, 2.45) is 0 Å². The quantitative estimate of drug-likeness (QED) is 0.846. The molecule has 2 rings (SSSR count). The highest BCUT2D eigenvalue weighted by Gasteiger charge is 2.11. The van der Waals surface area contributed by atoms with Crippen LogP contribution in [0.2, 0.25) is 0 Å². The van der Waals surface area contributed by atoms with Crippen LogP contribution in [0.1, 0.15) is 15.9 Å². The molecule has 20 heavy (non-hydrogen) atoms. The highest BCUT2D eigenvalue weighted by atomic mass is 19.1. The Balaban J connectivity index is 2.21. The van der Waals surface area contributed by atoms with Crippen molar-refractivity contribution in [3.63, 3.8) is 0 Å². The molecule has 0 saturated carbocycles. The Morgan fingerprint density at radius 3 is 2.60 bits per heavy atom. The summed E-state index contributed by atoms with van der Waals surface area (Å²) in [4.78, 5) is 12.1. The molecule has 2 aromatic carbocycles. The third kappa shape index (κ3) is 2.88. The summed E-state index contributed by atoms with van der Waals surface area (Å²) in [6.45, 7) is 1.63. The van der Waals surface area contributed by atoms with Gasteiger partial charge in [0.15, 0.2) is 0 Å². The second-order valence-electron chi connectivity index (χ2n) is 4.37. The SMILES string of the molecule is COc1ccc(C(=O)Nc2ccc(F)c(C)c2)c(N)c1. The van der Waals surface area contributed by atoms with E-state index in [-0.39, 0.29) is 11.7 Å². The normalized spacial score (nSPS) is 10.2. The van der Waals surface area contributed by atoms with Gasteiger partial charge in [0.05, 0.1) is 12.7 Å². The Morgan fingerprint density at radius 1 is 1.25 bits per heavy atom. The number of nitrogens with two attached hydrogens (primary N) is 1. The van der Waals surface area contributed by atoms with E-state index in [4.69, 9.17) is 10.5 Å². The zero-order valence-corrected chi connectivity index (χ0v) is 11.2. The molecule has 0 aliphatic carbocycles. The van der Waals surface area contributed by atoms with Crippen LogP contribution < -0.4 is 15.8 Å². The molecule has 2 aromatic rings. The Hall–Kier alpha value is -2.56. The number of aryl methyl sites for hydroxylation is 1. The minimum atomic E-state index is -0.351. The van der Waals surface area contributed by atoms with Gasteiger partial charge in [-0.15, -0.1) is 0 Å². The van der Waals surface area contributed by atoms with E-state index in [0.717, 1.165) is 0 Å². The first-order chi connectivity index (χ1) is 9.51. The van der Waals surface area contributed by atoms with E-state index in [0.29, 0.717) is 28.3 Å². The first-order valence-corrected chi connectivity index (χ1v) is 6.02. The molecule has 4 nitrogen and oxygen atoms in total. The average molecular weight is 274 g/mol. The van der Waals surface area contributed by atoms with Gasteiger partial charge in [-0.2, -0.15) is 0 Å². The summed E-state index contributed by atoms with van der Waals surface area (Å²) in [5, 5.41) is 2.68. The first kappa shape index (κ1) is 13.9. The number of nitrogen functional groups attached to an aromatic ring is 1. The van der Waals surface area contributed by atoms with E-state index in [9.17, 15) is 9.18 Å². The molecular formula is C15H15FN2O2. The van der Waals surface area contributed by atoms with Crippen molar-refractivity contribution in [1.29, 1.82) is 0 Å². The highest BCUT2D eigenvalue weighted by molar-refractivity contribution is 6.07.